The van der Waals surface area contributed by atoms with E-state index >= 15 is 0 Å². The first kappa shape index (κ1) is 19.7. The quantitative estimate of drug-likeness (QED) is 0.485. The van der Waals surface area contributed by atoms with Crippen molar-refractivity contribution in [1.29, 1.82) is 0 Å². The number of aromatic nitrogens is 3. The fourth-order valence-electron chi connectivity index (χ4n) is 4.23. The third-order valence-corrected chi connectivity index (χ3v) is 6.06. The molecule has 158 valence electrons. The monoisotopic (exact) mass is 413 g/mol. The molecule has 3 heterocycles. The number of benzene rings is 2. The summed E-state index contributed by atoms with van der Waals surface area (Å²) in [6.45, 7) is 5.00. The molecule has 31 heavy (non-hydrogen) atoms. The first-order chi connectivity index (χ1) is 15.3. The van der Waals surface area contributed by atoms with Crippen molar-refractivity contribution in [2.75, 3.05) is 38.1 Å². The molecule has 5 rings (SSSR count). The molecule has 1 N–H and O–H groups in total. The minimum Gasteiger partial charge on any atom is -0.493 e. The highest BCUT2D eigenvalue weighted by Gasteiger charge is 2.19. The normalized spacial score (nSPS) is 15.4. The van der Waals surface area contributed by atoms with Gasteiger partial charge in [-0.25, -0.2) is 9.97 Å². The molecule has 1 aliphatic rings. The van der Waals surface area contributed by atoms with Crippen molar-refractivity contribution in [3.63, 3.8) is 0 Å². The van der Waals surface area contributed by atoms with Crippen molar-refractivity contribution >= 4 is 27.5 Å². The lowest BCUT2D eigenvalue weighted by atomic mass is 9.98. The van der Waals surface area contributed by atoms with Crippen molar-refractivity contribution in [3.05, 3.63) is 67.3 Å². The Kier molecular flexibility index (Phi) is 5.89. The van der Waals surface area contributed by atoms with Gasteiger partial charge in [-0.3, -0.25) is 4.98 Å². The molecule has 0 bridgehead atoms. The molecule has 2 aromatic carbocycles. The van der Waals surface area contributed by atoms with Gasteiger partial charge in [0.1, 0.15) is 12.1 Å². The van der Waals surface area contributed by atoms with E-state index in [0.717, 1.165) is 60.6 Å². The van der Waals surface area contributed by atoms with Crippen molar-refractivity contribution in [1.82, 2.24) is 19.9 Å². The lowest BCUT2D eigenvalue weighted by molar-refractivity contribution is 0.145. The standard InChI is InChI=1S/C25H27N5O/c1-2-4-23-22(3-1)24(7-10-27-23)28-11-14-30-12-8-19(9-13-30)17-31-21-6-5-20-16-26-18-29-25(20)15-21/h1-7,10,15-16,18-19H,8-9,11-14,17H2,(H,27,28). The maximum absolute atomic E-state index is 6.07. The van der Waals surface area contributed by atoms with Gasteiger partial charge in [0.2, 0.25) is 0 Å². The van der Waals surface area contributed by atoms with Crippen LogP contribution < -0.4 is 10.1 Å². The molecule has 4 aromatic rings. The van der Waals surface area contributed by atoms with Gasteiger partial charge in [-0.15, -0.1) is 0 Å². The average Bonchev–Trinajstić information content (AvgIpc) is 2.83. The summed E-state index contributed by atoms with van der Waals surface area (Å²) in [7, 11) is 0. The van der Waals surface area contributed by atoms with E-state index in [4.69, 9.17) is 4.74 Å². The number of nitrogens with zero attached hydrogens (tertiary/aromatic N) is 4. The topological polar surface area (TPSA) is 63.2 Å². The van der Waals surface area contributed by atoms with Crippen molar-refractivity contribution in [2.45, 2.75) is 12.8 Å². The number of piperidine rings is 1. The Labute approximate surface area is 182 Å². The number of ether oxygens (including phenoxy) is 1. The second-order valence-electron chi connectivity index (χ2n) is 8.14. The van der Waals surface area contributed by atoms with E-state index in [0.29, 0.717) is 5.92 Å². The molecule has 0 radical (unpaired) electrons. The number of anilines is 1. The van der Waals surface area contributed by atoms with Crippen LogP contribution in [0.15, 0.2) is 67.3 Å². The van der Waals surface area contributed by atoms with E-state index in [1.54, 1.807) is 6.33 Å². The SMILES string of the molecule is c1ccc2c(NCCN3CCC(COc4ccc5cncnc5c4)CC3)ccnc2c1. The number of nitrogens with one attached hydrogen (secondary N) is 1. The van der Waals surface area contributed by atoms with Crippen LogP contribution in [0.1, 0.15) is 12.8 Å². The molecule has 1 saturated heterocycles. The largest absolute Gasteiger partial charge is 0.493 e. The zero-order valence-corrected chi connectivity index (χ0v) is 17.6. The van der Waals surface area contributed by atoms with E-state index in [1.807, 2.05) is 36.7 Å². The van der Waals surface area contributed by atoms with Gasteiger partial charge < -0.3 is 15.0 Å². The van der Waals surface area contributed by atoms with Crippen LogP contribution in [0.2, 0.25) is 0 Å². The second-order valence-corrected chi connectivity index (χ2v) is 8.14. The summed E-state index contributed by atoms with van der Waals surface area (Å²) in [4.78, 5) is 15.3. The number of pyridine rings is 1. The molecule has 0 spiro atoms. The molecule has 1 fully saturated rings. The maximum atomic E-state index is 6.07. The Morgan fingerprint density at radius 1 is 1.00 bits per heavy atom. The van der Waals surface area contributed by atoms with Gasteiger partial charge in [-0.05, 0) is 56.1 Å². The molecule has 6 heteroatoms. The lowest BCUT2D eigenvalue weighted by Gasteiger charge is -2.32. The van der Waals surface area contributed by atoms with Gasteiger partial charge in [0.05, 0.1) is 17.6 Å². The Balaban J connectivity index is 1.06. The summed E-state index contributed by atoms with van der Waals surface area (Å²) in [5.74, 6) is 1.50. The highest BCUT2D eigenvalue weighted by molar-refractivity contribution is 5.90. The third-order valence-electron chi connectivity index (χ3n) is 6.06. The van der Waals surface area contributed by atoms with Crippen LogP contribution in [0.25, 0.3) is 21.8 Å². The Hall–Kier alpha value is -3.25. The van der Waals surface area contributed by atoms with Crippen LogP contribution in [0.4, 0.5) is 5.69 Å². The maximum Gasteiger partial charge on any atom is 0.121 e. The first-order valence-electron chi connectivity index (χ1n) is 11.0. The van der Waals surface area contributed by atoms with Crippen LogP contribution >= 0.6 is 0 Å². The predicted molar refractivity (Wildman–Crippen MR) is 124 cm³/mol. The second kappa shape index (κ2) is 9.27. The molecular formula is C25H27N5O. The summed E-state index contributed by atoms with van der Waals surface area (Å²) in [6, 6.07) is 16.4. The number of hydrogen-bond acceptors (Lipinski definition) is 6. The van der Waals surface area contributed by atoms with Gasteiger partial charge in [-0.1, -0.05) is 18.2 Å². The fraction of sp³-hybridized carbons (Fsp3) is 0.320. The van der Waals surface area contributed by atoms with Gasteiger partial charge in [0.15, 0.2) is 0 Å². The van der Waals surface area contributed by atoms with E-state index < -0.39 is 0 Å². The molecule has 0 aliphatic carbocycles. The van der Waals surface area contributed by atoms with Crippen LogP contribution in [0.5, 0.6) is 5.75 Å². The van der Waals surface area contributed by atoms with Crippen LogP contribution in [-0.4, -0.2) is 52.6 Å². The number of fused-ring (bicyclic) bond motifs is 2. The summed E-state index contributed by atoms with van der Waals surface area (Å²) in [5.41, 5.74) is 3.12. The molecule has 0 unspecified atom stereocenters. The molecule has 1 aliphatic heterocycles. The van der Waals surface area contributed by atoms with Gasteiger partial charge in [-0.2, -0.15) is 0 Å². The van der Waals surface area contributed by atoms with E-state index in [9.17, 15) is 0 Å². The third kappa shape index (κ3) is 4.75. The zero-order valence-electron chi connectivity index (χ0n) is 17.6. The number of rotatable bonds is 7. The van der Waals surface area contributed by atoms with E-state index in [2.05, 4.69) is 49.4 Å². The van der Waals surface area contributed by atoms with Gasteiger partial charge in [0, 0.05) is 48.0 Å². The molecular weight excluding hydrogens is 386 g/mol. The van der Waals surface area contributed by atoms with Gasteiger partial charge in [0.25, 0.3) is 0 Å². The fourth-order valence-corrected chi connectivity index (χ4v) is 4.23. The predicted octanol–water partition coefficient (Wildman–Crippen LogP) is 4.38. The van der Waals surface area contributed by atoms with Crippen molar-refractivity contribution in [3.8, 4) is 5.75 Å². The Morgan fingerprint density at radius 3 is 2.84 bits per heavy atom. The van der Waals surface area contributed by atoms with Crippen LogP contribution in [-0.2, 0) is 0 Å². The smallest absolute Gasteiger partial charge is 0.121 e. The summed E-state index contributed by atoms with van der Waals surface area (Å²) in [5, 5.41) is 5.81. The zero-order chi connectivity index (χ0) is 20.9. The number of para-hydroxylation sites is 1. The molecule has 2 aromatic heterocycles. The summed E-state index contributed by atoms with van der Waals surface area (Å²) < 4.78 is 6.07. The number of hydrogen-bond donors (Lipinski definition) is 1. The molecule has 6 nitrogen and oxygen atoms in total. The minimum absolute atomic E-state index is 0.606. The van der Waals surface area contributed by atoms with E-state index in [1.165, 1.54) is 18.2 Å². The summed E-state index contributed by atoms with van der Waals surface area (Å²) >= 11 is 0. The lowest BCUT2D eigenvalue weighted by Crippen LogP contribution is -2.38. The molecule has 0 atom stereocenters. The molecule has 0 amide bonds. The average molecular weight is 414 g/mol. The van der Waals surface area contributed by atoms with Crippen LogP contribution in [0, 0.1) is 5.92 Å². The Bertz CT molecular complexity index is 1150. The minimum atomic E-state index is 0.606. The number of likely N-dealkylation sites (tertiary alicyclic amines) is 1. The van der Waals surface area contributed by atoms with E-state index in [-0.39, 0.29) is 0 Å². The van der Waals surface area contributed by atoms with Crippen molar-refractivity contribution < 1.29 is 4.74 Å². The Morgan fingerprint density at radius 2 is 1.90 bits per heavy atom. The van der Waals surface area contributed by atoms with Crippen molar-refractivity contribution in [2.24, 2.45) is 5.92 Å². The first-order valence-corrected chi connectivity index (χ1v) is 11.0. The highest BCUT2D eigenvalue weighted by Crippen LogP contribution is 2.23. The summed E-state index contributed by atoms with van der Waals surface area (Å²) in [6.07, 6.45) is 7.63. The molecule has 0 saturated carbocycles. The van der Waals surface area contributed by atoms with Gasteiger partial charge >= 0.3 is 0 Å². The highest BCUT2D eigenvalue weighted by atomic mass is 16.5. The van der Waals surface area contributed by atoms with Crippen LogP contribution in [0.3, 0.4) is 0 Å².